The van der Waals surface area contributed by atoms with Crippen molar-refractivity contribution in [1.29, 1.82) is 0 Å². The van der Waals surface area contributed by atoms with E-state index in [9.17, 15) is 19.8 Å². The number of ether oxygens (including phenoxy) is 2. The number of hydrogen-bond donors (Lipinski definition) is 3. The second kappa shape index (κ2) is 9.09. The van der Waals surface area contributed by atoms with Gasteiger partial charge in [-0.2, -0.15) is 0 Å². The third-order valence-corrected chi connectivity index (χ3v) is 4.01. The Labute approximate surface area is 156 Å². The van der Waals surface area contributed by atoms with Crippen LogP contribution in [0.1, 0.15) is 29.4 Å². The molecule has 8 nitrogen and oxygen atoms in total. The summed E-state index contributed by atoms with van der Waals surface area (Å²) in [5, 5.41) is 22.7. The van der Waals surface area contributed by atoms with E-state index in [0.29, 0.717) is 24.5 Å². The second-order valence-corrected chi connectivity index (χ2v) is 5.96. The molecule has 1 atom stereocenters. The molecule has 0 bridgehead atoms. The lowest BCUT2D eigenvalue weighted by Crippen LogP contribution is -2.28. The molecule has 2 aromatic rings. The summed E-state index contributed by atoms with van der Waals surface area (Å²) in [6.07, 6.45) is -0.0857. The molecule has 1 aromatic carbocycles. The van der Waals surface area contributed by atoms with Crippen LogP contribution < -0.4 is 15.5 Å². The van der Waals surface area contributed by atoms with E-state index in [4.69, 9.17) is 13.9 Å². The maximum absolute atomic E-state index is 12.3. The van der Waals surface area contributed by atoms with E-state index in [0.717, 1.165) is 0 Å². The van der Waals surface area contributed by atoms with Crippen LogP contribution in [0, 0.1) is 6.92 Å². The van der Waals surface area contributed by atoms with Crippen molar-refractivity contribution in [3.05, 3.63) is 51.6 Å². The van der Waals surface area contributed by atoms with Gasteiger partial charge in [0, 0.05) is 26.1 Å². The number of rotatable bonds is 8. The van der Waals surface area contributed by atoms with E-state index in [1.54, 1.807) is 13.0 Å². The van der Waals surface area contributed by atoms with Gasteiger partial charge in [-0.25, -0.2) is 0 Å². The molecule has 0 radical (unpaired) electrons. The highest BCUT2D eigenvalue weighted by Crippen LogP contribution is 2.37. The summed E-state index contributed by atoms with van der Waals surface area (Å²) in [5.74, 6) is -1.20. The van der Waals surface area contributed by atoms with Gasteiger partial charge in [-0.1, -0.05) is 6.07 Å². The number of aromatic hydroxyl groups is 2. The van der Waals surface area contributed by atoms with Crippen molar-refractivity contribution in [3.8, 4) is 17.2 Å². The Morgan fingerprint density at radius 2 is 2.00 bits per heavy atom. The SMILES string of the molecule is COCCNC(=O)C[C@@H](c1ccc(O)c(OC)c1)c1oc(C)cc(=O)c1O. The number of phenols is 1. The van der Waals surface area contributed by atoms with Crippen LogP contribution in [0.4, 0.5) is 0 Å². The molecule has 1 aromatic heterocycles. The summed E-state index contributed by atoms with van der Waals surface area (Å²) in [6, 6.07) is 5.69. The number of methoxy groups -OCH3 is 2. The molecule has 0 spiro atoms. The molecule has 1 amide bonds. The Hall–Kier alpha value is -3.00. The lowest BCUT2D eigenvalue weighted by Gasteiger charge is -2.19. The molecule has 146 valence electrons. The number of aryl methyl sites for hydroxylation is 1. The average molecular weight is 377 g/mol. The highest BCUT2D eigenvalue weighted by Gasteiger charge is 2.26. The van der Waals surface area contributed by atoms with Gasteiger partial charge < -0.3 is 29.4 Å². The lowest BCUT2D eigenvalue weighted by molar-refractivity contribution is -0.121. The third-order valence-electron chi connectivity index (χ3n) is 4.01. The van der Waals surface area contributed by atoms with Crippen LogP contribution in [0.5, 0.6) is 17.2 Å². The standard InChI is InChI=1S/C19H23NO7/c1-11-8-15(22)18(24)19(27-11)13(10-17(23)20-6-7-25-2)12-4-5-14(21)16(9-12)26-3/h4-5,8-9,13,21,24H,6-7,10H2,1-3H3,(H,20,23)/t13-/m0/s1. The van der Waals surface area contributed by atoms with Crippen LogP contribution in [0.15, 0.2) is 33.5 Å². The number of amides is 1. The topological polar surface area (TPSA) is 118 Å². The van der Waals surface area contributed by atoms with Gasteiger partial charge in [0.05, 0.1) is 19.6 Å². The van der Waals surface area contributed by atoms with Crippen LogP contribution in [0.25, 0.3) is 0 Å². The molecule has 0 aliphatic heterocycles. The van der Waals surface area contributed by atoms with Crippen LogP contribution in [-0.2, 0) is 9.53 Å². The minimum atomic E-state index is -0.755. The van der Waals surface area contributed by atoms with Crippen LogP contribution in [0.3, 0.4) is 0 Å². The molecule has 1 heterocycles. The molecule has 27 heavy (non-hydrogen) atoms. The first-order valence-corrected chi connectivity index (χ1v) is 8.33. The van der Waals surface area contributed by atoms with Crippen molar-refractivity contribution in [2.24, 2.45) is 0 Å². The molecule has 0 aliphatic carbocycles. The fourth-order valence-corrected chi connectivity index (χ4v) is 2.68. The summed E-state index contributed by atoms with van der Waals surface area (Å²) < 4.78 is 15.6. The number of phenolic OH excluding ortho intramolecular Hbond substituents is 1. The van der Waals surface area contributed by atoms with Crippen molar-refractivity contribution >= 4 is 5.91 Å². The molecule has 2 rings (SSSR count). The number of hydrogen-bond acceptors (Lipinski definition) is 7. The Morgan fingerprint density at radius 1 is 1.26 bits per heavy atom. The Bertz CT molecular complexity index is 860. The predicted octanol–water partition coefficient (Wildman–Crippen LogP) is 1.65. The summed E-state index contributed by atoms with van der Waals surface area (Å²) >= 11 is 0. The average Bonchev–Trinajstić information content (AvgIpc) is 2.63. The maximum atomic E-state index is 12.3. The summed E-state index contributed by atoms with van der Waals surface area (Å²) in [5.41, 5.74) is -0.0557. The zero-order valence-electron chi connectivity index (χ0n) is 15.4. The Morgan fingerprint density at radius 3 is 2.67 bits per heavy atom. The van der Waals surface area contributed by atoms with Crippen molar-refractivity contribution in [2.75, 3.05) is 27.4 Å². The molecule has 8 heteroatoms. The van der Waals surface area contributed by atoms with E-state index < -0.39 is 17.1 Å². The molecule has 3 N–H and O–H groups in total. The summed E-state index contributed by atoms with van der Waals surface area (Å²) in [6.45, 7) is 2.26. The molecule has 0 fully saturated rings. The van der Waals surface area contributed by atoms with Gasteiger partial charge in [0.15, 0.2) is 17.3 Å². The minimum absolute atomic E-state index is 0.0189. The van der Waals surface area contributed by atoms with Gasteiger partial charge in [0.25, 0.3) is 0 Å². The zero-order chi connectivity index (χ0) is 20.0. The molecule has 0 aliphatic rings. The van der Waals surface area contributed by atoms with Gasteiger partial charge in [0.2, 0.25) is 17.1 Å². The Kier molecular flexibility index (Phi) is 6.84. The number of carbonyl (C=O) groups excluding carboxylic acids is 1. The number of carbonyl (C=O) groups is 1. The van der Waals surface area contributed by atoms with Crippen molar-refractivity contribution in [3.63, 3.8) is 0 Å². The lowest BCUT2D eigenvalue weighted by atomic mass is 9.91. The van der Waals surface area contributed by atoms with Crippen molar-refractivity contribution in [2.45, 2.75) is 19.3 Å². The van der Waals surface area contributed by atoms with E-state index in [1.807, 2.05) is 0 Å². The second-order valence-electron chi connectivity index (χ2n) is 5.96. The highest BCUT2D eigenvalue weighted by molar-refractivity contribution is 5.77. The van der Waals surface area contributed by atoms with E-state index in [1.165, 1.54) is 32.4 Å². The number of nitrogens with one attached hydrogen (secondary N) is 1. The predicted molar refractivity (Wildman–Crippen MR) is 97.4 cm³/mol. The monoisotopic (exact) mass is 377 g/mol. The first-order chi connectivity index (χ1) is 12.9. The zero-order valence-corrected chi connectivity index (χ0v) is 15.4. The van der Waals surface area contributed by atoms with E-state index in [2.05, 4.69) is 5.32 Å². The molecule has 0 saturated carbocycles. The molecule has 0 unspecified atom stereocenters. The van der Waals surface area contributed by atoms with E-state index >= 15 is 0 Å². The summed E-state index contributed by atoms with van der Waals surface area (Å²) in [4.78, 5) is 24.3. The number of benzene rings is 1. The first-order valence-electron chi connectivity index (χ1n) is 8.33. The minimum Gasteiger partial charge on any atom is -0.504 e. The fraction of sp³-hybridized carbons (Fsp3) is 0.368. The smallest absolute Gasteiger partial charge is 0.227 e. The van der Waals surface area contributed by atoms with Crippen LogP contribution in [-0.4, -0.2) is 43.5 Å². The first kappa shape index (κ1) is 20.3. The van der Waals surface area contributed by atoms with Gasteiger partial charge in [-0.3, -0.25) is 9.59 Å². The largest absolute Gasteiger partial charge is 0.504 e. The van der Waals surface area contributed by atoms with Crippen LogP contribution in [0.2, 0.25) is 0 Å². The third kappa shape index (κ3) is 5.01. The van der Waals surface area contributed by atoms with Gasteiger partial charge in [-0.05, 0) is 24.6 Å². The summed E-state index contributed by atoms with van der Waals surface area (Å²) in [7, 11) is 2.92. The fourth-order valence-electron chi connectivity index (χ4n) is 2.68. The van der Waals surface area contributed by atoms with E-state index in [-0.39, 0.29) is 29.6 Å². The normalized spacial score (nSPS) is 11.8. The quantitative estimate of drug-likeness (QED) is 0.599. The van der Waals surface area contributed by atoms with Gasteiger partial charge in [0.1, 0.15) is 5.76 Å². The molecule has 0 saturated heterocycles. The molecular formula is C19H23NO7. The highest BCUT2D eigenvalue weighted by atomic mass is 16.5. The van der Waals surface area contributed by atoms with Crippen LogP contribution >= 0.6 is 0 Å². The molecular weight excluding hydrogens is 354 g/mol. The van der Waals surface area contributed by atoms with Gasteiger partial charge >= 0.3 is 0 Å². The van der Waals surface area contributed by atoms with Crippen molar-refractivity contribution < 1.29 is 28.9 Å². The Balaban J connectivity index is 2.46. The van der Waals surface area contributed by atoms with Gasteiger partial charge in [-0.15, -0.1) is 0 Å². The maximum Gasteiger partial charge on any atom is 0.227 e. The van der Waals surface area contributed by atoms with Crippen molar-refractivity contribution in [1.82, 2.24) is 5.32 Å².